The minimum absolute atomic E-state index is 0.152. The molecule has 0 bridgehead atoms. The number of morpholine rings is 1. The fraction of sp³-hybridized carbons (Fsp3) is 0.333. The monoisotopic (exact) mass is 325 g/mol. The van der Waals surface area contributed by atoms with Crippen LogP contribution in [0.1, 0.15) is 34.1 Å². The van der Waals surface area contributed by atoms with Crippen LogP contribution in [-0.4, -0.2) is 46.7 Å². The lowest BCUT2D eigenvalue weighted by Crippen LogP contribution is -2.49. The van der Waals surface area contributed by atoms with Gasteiger partial charge in [0.1, 0.15) is 11.8 Å². The Hall–Kier alpha value is -2.62. The molecular weight excluding hydrogens is 306 g/mol. The number of aliphatic hydroxyl groups is 1. The zero-order valence-corrected chi connectivity index (χ0v) is 13.2. The predicted molar refractivity (Wildman–Crippen MR) is 87.2 cm³/mol. The van der Waals surface area contributed by atoms with Crippen molar-refractivity contribution >= 4 is 5.91 Å². The molecule has 2 unspecified atom stereocenters. The fourth-order valence-corrected chi connectivity index (χ4v) is 2.93. The Bertz CT molecular complexity index is 735. The van der Waals surface area contributed by atoms with Crippen molar-refractivity contribution in [2.45, 2.75) is 18.6 Å². The van der Waals surface area contributed by atoms with Gasteiger partial charge in [-0.3, -0.25) is 4.79 Å². The second-order valence-electron chi connectivity index (χ2n) is 5.80. The number of H-pyrrole nitrogens is 1. The number of amides is 1. The third-order valence-electron chi connectivity index (χ3n) is 4.22. The number of carbonyl (C=O) groups is 1. The van der Waals surface area contributed by atoms with Crippen molar-refractivity contribution in [3.63, 3.8) is 0 Å². The summed E-state index contributed by atoms with van der Waals surface area (Å²) in [5, 5.41) is 19.3. The molecule has 0 aliphatic carbocycles. The lowest BCUT2D eigenvalue weighted by Gasteiger charge is -2.36. The van der Waals surface area contributed by atoms with Crippen molar-refractivity contribution in [2.24, 2.45) is 0 Å². The van der Waals surface area contributed by atoms with E-state index in [0.717, 1.165) is 5.56 Å². The zero-order valence-electron chi connectivity index (χ0n) is 13.2. The van der Waals surface area contributed by atoms with Crippen molar-refractivity contribution in [2.75, 3.05) is 19.8 Å². The highest BCUT2D eigenvalue weighted by molar-refractivity contribution is 5.94. The van der Waals surface area contributed by atoms with Gasteiger partial charge in [0.05, 0.1) is 30.9 Å². The molecule has 6 nitrogen and oxygen atoms in total. The highest BCUT2D eigenvalue weighted by Gasteiger charge is 2.30. The van der Waals surface area contributed by atoms with Crippen molar-refractivity contribution < 1.29 is 14.6 Å². The summed E-state index contributed by atoms with van der Waals surface area (Å²) >= 11 is 0. The van der Waals surface area contributed by atoms with E-state index in [1.165, 1.54) is 0 Å². The van der Waals surface area contributed by atoms with Gasteiger partial charge < -0.3 is 19.7 Å². The molecule has 0 spiro atoms. The molecule has 124 valence electrons. The normalized spacial score (nSPS) is 18.8. The maximum absolute atomic E-state index is 12.7. The van der Waals surface area contributed by atoms with Crippen molar-refractivity contribution in [3.05, 3.63) is 59.4 Å². The number of rotatable bonds is 4. The van der Waals surface area contributed by atoms with Gasteiger partial charge in [-0.1, -0.05) is 30.3 Å². The fourth-order valence-electron chi connectivity index (χ4n) is 2.93. The maximum Gasteiger partial charge on any atom is 0.255 e. The zero-order chi connectivity index (χ0) is 16.9. The van der Waals surface area contributed by atoms with Crippen molar-refractivity contribution in [1.29, 1.82) is 5.26 Å². The third-order valence-corrected chi connectivity index (χ3v) is 4.22. The Morgan fingerprint density at radius 2 is 2.25 bits per heavy atom. The number of carbonyl (C=O) groups excluding carboxylic acids is 1. The quantitative estimate of drug-likeness (QED) is 0.898. The number of aromatic nitrogens is 1. The van der Waals surface area contributed by atoms with Gasteiger partial charge in [0.25, 0.3) is 5.91 Å². The van der Waals surface area contributed by atoms with Crippen LogP contribution < -0.4 is 0 Å². The summed E-state index contributed by atoms with van der Waals surface area (Å²) in [5.74, 6) is -0.152. The lowest BCUT2D eigenvalue weighted by atomic mass is 10.0. The molecule has 2 N–H and O–H groups in total. The highest BCUT2D eigenvalue weighted by Crippen LogP contribution is 2.24. The number of benzene rings is 1. The molecule has 1 aliphatic rings. The van der Waals surface area contributed by atoms with Crippen LogP contribution in [0.5, 0.6) is 0 Å². The van der Waals surface area contributed by atoms with Crippen LogP contribution in [0.3, 0.4) is 0 Å². The Labute approximate surface area is 140 Å². The van der Waals surface area contributed by atoms with E-state index in [2.05, 4.69) is 4.98 Å². The summed E-state index contributed by atoms with van der Waals surface area (Å²) in [7, 11) is 0. The summed E-state index contributed by atoms with van der Waals surface area (Å²) in [6.45, 7) is 1.34. The smallest absolute Gasteiger partial charge is 0.255 e. The van der Waals surface area contributed by atoms with E-state index in [1.54, 1.807) is 17.2 Å². The summed E-state index contributed by atoms with van der Waals surface area (Å²) in [6.07, 6.45) is 1.29. The maximum atomic E-state index is 12.7. The minimum atomic E-state index is -0.658. The SMILES string of the molecule is N#Cc1cc(C(=O)N2CCOCC2CC(O)c2ccccc2)c[nH]1. The standard InChI is InChI=1S/C18H19N3O3/c19-10-15-8-14(11-20-15)18(23)21-6-7-24-12-16(21)9-17(22)13-4-2-1-3-5-13/h1-5,8,11,16-17,20,22H,6-7,9,12H2. The number of nitrogens with one attached hydrogen (secondary N) is 1. The Balaban J connectivity index is 1.73. The molecule has 1 fully saturated rings. The molecule has 3 rings (SSSR count). The van der Waals surface area contributed by atoms with E-state index in [0.29, 0.717) is 37.4 Å². The van der Waals surface area contributed by atoms with Crippen LogP contribution in [0.2, 0.25) is 0 Å². The van der Waals surface area contributed by atoms with Crippen LogP contribution >= 0.6 is 0 Å². The highest BCUT2D eigenvalue weighted by atomic mass is 16.5. The van der Waals surface area contributed by atoms with E-state index in [9.17, 15) is 9.90 Å². The topological polar surface area (TPSA) is 89.3 Å². The molecular formula is C18H19N3O3. The van der Waals surface area contributed by atoms with Gasteiger partial charge in [0.2, 0.25) is 0 Å². The Morgan fingerprint density at radius 1 is 1.46 bits per heavy atom. The number of hydrogen-bond acceptors (Lipinski definition) is 4. The van der Waals surface area contributed by atoms with E-state index >= 15 is 0 Å². The molecule has 24 heavy (non-hydrogen) atoms. The molecule has 1 aromatic heterocycles. The van der Waals surface area contributed by atoms with Gasteiger partial charge in [-0.15, -0.1) is 0 Å². The first kappa shape index (κ1) is 16.2. The van der Waals surface area contributed by atoms with Crippen LogP contribution in [0.4, 0.5) is 0 Å². The van der Waals surface area contributed by atoms with Crippen LogP contribution in [0.15, 0.2) is 42.6 Å². The minimum Gasteiger partial charge on any atom is -0.388 e. The Morgan fingerprint density at radius 3 is 2.96 bits per heavy atom. The third kappa shape index (κ3) is 3.48. The summed E-state index contributed by atoms with van der Waals surface area (Å²) < 4.78 is 5.50. The van der Waals surface area contributed by atoms with Crippen molar-refractivity contribution in [1.82, 2.24) is 9.88 Å². The predicted octanol–water partition coefficient (Wildman–Crippen LogP) is 1.85. The van der Waals surface area contributed by atoms with Gasteiger partial charge in [-0.05, 0) is 11.6 Å². The molecule has 2 heterocycles. The first-order valence-electron chi connectivity index (χ1n) is 7.89. The molecule has 1 saturated heterocycles. The number of aliphatic hydroxyl groups excluding tert-OH is 1. The largest absolute Gasteiger partial charge is 0.388 e. The van der Waals surface area contributed by atoms with Crippen LogP contribution in [0, 0.1) is 11.3 Å². The summed E-state index contributed by atoms with van der Waals surface area (Å²) in [4.78, 5) is 17.2. The van der Waals surface area contributed by atoms with E-state index in [4.69, 9.17) is 10.00 Å². The van der Waals surface area contributed by atoms with E-state index < -0.39 is 6.10 Å². The first-order chi connectivity index (χ1) is 11.7. The van der Waals surface area contributed by atoms with Gasteiger partial charge in [-0.2, -0.15) is 5.26 Å². The average molecular weight is 325 g/mol. The number of nitriles is 1. The number of hydrogen-bond donors (Lipinski definition) is 2. The van der Waals surface area contributed by atoms with Crippen LogP contribution in [-0.2, 0) is 4.74 Å². The molecule has 1 aromatic carbocycles. The van der Waals surface area contributed by atoms with Crippen molar-refractivity contribution in [3.8, 4) is 6.07 Å². The molecule has 0 radical (unpaired) electrons. The second kappa shape index (κ2) is 7.30. The van der Waals surface area contributed by atoms with Gasteiger partial charge in [0, 0.05) is 19.2 Å². The molecule has 2 atom stereocenters. The molecule has 1 amide bonds. The van der Waals surface area contributed by atoms with E-state index in [1.807, 2.05) is 36.4 Å². The lowest BCUT2D eigenvalue weighted by molar-refractivity contribution is -0.0173. The number of aromatic amines is 1. The van der Waals surface area contributed by atoms with Gasteiger partial charge in [0.15, 0.2) is 0 Å². The van der Waals surface area contributed by atoms with Crippen LogP contribution in [0.25, 0.3) is 0 Å². The number of nitrogens with zero attached hydrogens (tertiary/aromatic N) is 2. The second-order valence-corrected chi connectivity index (χ2v) is 5.80. The molecule has 1 aliphatic heterocycles. The summed E-state index contributed by atoms with van der Waals surface area (Å²) in [6, 6.07) is 12.7. The molecule has 6 heteroatoms. The van der Waals surface area contributed by atoms with E-state index in [-0.39, 0.29) is 11.9 Å². The molecule has 0 saturated carbocycles. The average Bonchev–Trinajstić information content (AvgIpc) is 3.11. The molecule has 2 aromatic rings. The van der Waals surface area contributed by atoms with Gasteiger partial charge >= 0.3 is 0 Å². The number of ether oxygens (including phenoxy) is 1. The first-order valence-corrected chi connectivity index (χ1v) is 7.89. The van der Waals surface area contributed by atoms with Gasteiger partial charge in [-0.25, -0.2) is 0 Å². The Kier molecular flexibility index (Phi) is 4.94. The summed E-state index contributed by atoms with van der Waals surface area (Å²) in [5.41, 5.74) is 1.63.